The van der Waals surface area contributed by atoms with Crippen LogP contribution in [0.15, 0.2) is 6.07 Å². The Labute approximate surface area is 87.5 Å². The molecule has 6 nitrogen and oxygen atoms in total. The Hall–Kier alpha value is -1.85. The molecule has 0 aromatic carbocycles. The Balaban J connectivity index is 3.05. The lowest BCUT2D eigenvalue weighted by atomic mass is 10.3. The maximum atomic E-state index is 10.5. The van der Waals surface area contributed by atoms with Crippen LogP contribution in [0, 0.1) is 0 Å². The van der Waals surface area contributed by atoms with Gasteiger partial charge in [0.25, 0.3) is 0 Å². The monoisotopic (exact) mass is 211 g/mol. The third-order valence-corrected chi connectivity index (χ3v) is 1.72. The van der Waals surface area contributed by atoms with Crippen molar-refractivity contribution >= 4 is 11.8 Å². The average Bonchev–Trinajstić information content (AvgIpc) is 2.16. The molecule has 0 unspecified atom stereocenters. The minimum atomic E-state index is -0.930. The normalized spacial score (nSPS) is 9.80. The van der Waals surface area contributed by atoms with Crippen molar-refractivity contribution in [1.29, 1.82) is 0 Å². The molecule has 0 amide bonds. The number of carboxylic acid groups (broad SMARTS) is 1. The molecule has 0 fully saturated rings. The highest BCUT2D eigenvalue weighted by Crippen LogP contribution is 2.14. The van der Waals surface area contributed by atoms with Gasteiger partial charge in [-0.15, -0.1) is 0 Å². The van der Waals surface area contributed by atoms with E-state index in [9.17, 15) is 4.79 Å². The van der Waals surface area contributed by atoms with Crippen LogP contribution in [-0.4, -0.2) is 42.2 Å². The number of aliphatic carboxylic acids is 1. The molecule has 0 aliphatic carbocycles. The number of aromatic nitrogens is 2. The van der Waals surface area contributed by atoms with Gasteiger partial charge in [-0.25, -0.2) is 0 Å². The molecular formula is C9H13N3O3. The highest BCUT2D eigenvalue weighted by atomic mass is 16.5. The summed E-state index contributed by atoms with van der Waals surface area (Å²) in [6.07, 6.45) is -0.139. The number of carboxylic acids is 1. The summed E-state index contributed by atoms with van der Waals surface area (Å²) < 4.78 is 4.89. The molecule has 0 saturated carbocycles. The summed E-state index contributed by atoms with van der Waals surface area (Å²) in [5.74, 6) is -0.307. The Bertz CT molecular complexity index is 366. The van der Waals surface area contributed by atoms with Crippen LogP contribution in [0.2, 0.25) is 0 Å². The summed E-state index contributed by atoms with van der Waals surface area (Å²) in [7, 11) is 5.07. The predicted molar refractivity (Wildman–Crippen MR) is 54.3 cm³/mol. The fourth-order valence-electron chi connectivity index (χ4n) is 1.03. The van der Waals surface area contributed by atoms with E-state index in [0.717, 1.165) is 0 Å². The SMILES string of the molecule is COc1nc(CC(=O)O)cc(N(C)C)n1. The number of anilines is 1. The van der Waals surface area contributed by atoms with E-state index in [2.05, 4.69) is 9.97 Å². The fraction of sp³-hybridized carbons (Fsp3) is 0.444. The van der Waals surface area contributed by atoms with E-state index in [1.165, 1.54) is 7.11 Å². The van der Waals surface area contributed by atoms with Crippen molar-refractivity contribution in [3.8, 4) is 6.01 Å². The van der Waals surface area contributed by atoms with Gasteiger partial charge in [-0.3, -0.25) is 4.79 Å². The van der Waals surface area contributed by atoms with Crippen molar-refractivity contribution in [1.82, 2.24) is 9.97 Å². The average molecular weight is 211 g/mol. The zero-order valence-electron chi connectivity index (χ0n) is 8.89. The summed E-state index contributed by atoms with van der Waals surface area (Å²) in [6.45, 7) is 0. The lowest BCUT2D eigenvalue weighted by Gasteiger charge is -2.12. The van der Waals surface area contributed by atoms with Gasteiger partial charge in [0.2, 0.25) is 0 Å². The van der Waals surface area contributed by atoms with Crippen LogP contribution in [0.5, 0.6) is 6.01 Å². The highest BCUT2D eigenvalue weighted by Gasteiger charge is 2.09. The van der Waals surface area contributed by atoms with E-state index in [0.29, 0.717) is 11.5 Å². The van der Waals surface area contributed by atoms with Gasteiger partial charge in [0.1, 0.15) is 5.82 Å². The lowest BCUT2D eigenvalue weighted by molar-refractivity contribution is -0.136. The number of methoxy groups -OCH3 is 1. The first-order valence-electron chi connectivity index (χ1n) is 4.34. The molecule has 1 rings (SSSR count). The maximum Gasteiger partial charge on any atom is 0.318 e. The van der Waals surface area contributed by atoms with Crippen molar-refractivity contribution in [2.75, 3.05) is 26.1 Å². The molecule has 82 valence electrons. The van der Waals surface area contributed by atoms with E-state index in [4.69, 9.17) is 9.84 Å². The van der Waals surface area contributed by atoms with E-state index >= 15 is 0 Å². The van der Waals surface area contributed by atoms with Crippen molar-refractivity contribution in [2.45, 2.75) is 6.42 Å². The van der Waals surface area contributed by atoms with Crippen LogP contribution in [0.3, 0.4) is 0 Å². The number of hydrogen-bond donors (Lipinski definition) is 1. The van der Waals surface area contributed by atoms with Crippen LogP contribution < -0.4 is 9.64 Å². The Morgan fingerprint density at radius 1 is 1.53 bits per heavy atom. The molecule has 1 N–H and O–H groups in total. The molecule has 1 aromatic heterocycles. The zero-order valence-corrected chi connectivity index (χ0v) is 8.89. The van der Waals surface area contributed by atoms with Gasteiger partial charge in [-0.2, -0.15) is 9.97 Å². The molecule has 0 spiro atoms. The first kappa shape index (κ1) is 11.2. The van der Waals surface area contributed by atoms with Gasteiger partial charge in [0.15, 0.2) is 0 Å². The van der Waals surface area contributed by atoms with Gasteiger partial charge >= 0.3 is 12.0 Å². The topological polar surface area (TPSA) is 75.6 Å². The molecule has 0 aliphatic heterocycles. The number of rotatable bonds is 4. The number of nitrogens with zero attached hydrogens (tertiary/aromatic N) is 3. The molecule has 6 heteroatoms. The van der Waals surface area contributed by atoms with Gasteiger partial charge in [0, 0.05) is 20.2 Å². The second-order valence-corrected chi connectivity index (χ2v) is 3.17. The molecule has 0 saturated heterocycles. The van der Waals surface area contributed by atoms with Gasteiger partial charge in [0.05, 0.1) is 19.2 Å². The summed E-state index contributed by atoms with van der Waals surface area (Å²) in [4.78, 5) is 20.3. The van der Waals surface area contributed by atoms with Gasteiger partial charge in [-0.05, 0) is 0 Å². The largest absolute Gasteiger partial charge is 0.481 e. The quantitative estimate of drug-likeness (QED) is 0.765. The third kappa shape index (κ3) is 3.08. The van der Waals surface area contributed by atoms with Crippen molar-refractivity contribution in [3.05, 3.63) is 11.8 Å². The Kier molecular flexibility index (Phi) is 3.43. The van der Waals surface area contributed by atoms with E-state index < -0.39 is 5.97 Å². The summed E-state index contributed by atoms with van der Waals surface area (Å²) in [6, 6.07) is 1.80. The first-order valence-corrected chi connectivity index (χ1v) is 4.34. The van der Waals surface area contributed by atoms with Crippen LogP contribution in [0.25, 0.3) is 0 Å². The first-order chi connectivity index (χ1) is 7.02. The molecule has 0 aliphatic rings. The third-order valence-electron chi connectivity index (χ3n) is 1.72. The maximum absolute atomic E-state index is 10.5. The molecule has 1 aromatic rings. The summed E-state index contributed by atoms with van der Waals surface area (Å²) in [5.41, 5.74) is 0.429. The molecule has 0 bridgehead atoms. The fourth-order valence-corrected chi connectivity index (χ4v) is 1.03. The second kappa shape index (κ2) is 4.59. The van der Waals surface area contributed by atoms with E-state index in [1.54, 1.807) is 11.0 Å². The lowest BCUT2D eigenvalue weighted by Crippen LogP contribution is -2.13. The summed E-state index contributed by atoms with van der Waals surface area (Å²) in [5, 5.41) is 8.65. The van der Waals surface area contributed by atoms with Crippen LogP contribution >= 0.6 is 0 Å². The smallest absolute Gasteiger partial charge is 0.318 e. The Morgan fingerprint density at radius 3 is 2.67 bits per heavy atom. The van der Waals surface area contributed by atoms with Crippen molar-refractivity contribution < 1.29 is 14.6 Å². The molecular weight excluding hydrogens is 198 g/mol. The van der Waals surface area contributed by atoms with Crippen molar-refractivity contribution in [3.63, 3.8) is 0 Å². The highest BCUT2D eigenvalue weighted by molar-refractivity contribution is 5.69. The van der Waals surface area contributed by atoms with E-state index in [-0.39, 0.29) is 12.4 Å². The molecule has 0 atom stereocenters. The molecule has 0 radical (unpaired) electrons. The predicted octanol–water partition coefficient (Wildman–Crippen LogP) is 0.178. The van der Waals surface area contributed by atoms with Crippen LogP contribution in [-0.2, 0) is 11.2 Å². The summed E-state index contributed by atoms with van der Waals surface area (Å²) >= 11 is 0. The second-order valence-electron chi connectivity index (χ2n) is 3.17. The minimum absolute atomic E-state index is 0.139. The van der Waals surface area contributed by atoms with Crippen LogP contribution in [0.1, 0.15) is 5.69 Å². The number of carbonyl (C=O) groups is 1. The van der Waals surface area contributed by atoms with Gasteiger partial charge < -0.3 is 14.7 Å². The minimum Gasteiger partial charge on any atom is -0.481 e. The van der Waals surface area contributed by atoms with E-state index in [1.807, 2.05) is 14.1 Å². The number of hydrogen-bond acceptors (Lipinski definition) is 5. The molecule has 15 heavy (non-hydrogen) atoms. The zero-order chi connectivity index (χ0) is 11.4. The Morgan fingerprint density at radius 2 is 2.20 bits per heavy atom. The molecule has 1 heterocycles. The van der Waals surface area contributed by atoms with Gasteiger partial charge in [-0.1, -0.05) is 0 Å². The van der Waals surface area contributed by atoms with Crippen molar-refractivity contribution in [2.24, 2.45) is 0 Å². The number of ether oxygens (including phenoxy) is 1. The standard InChI is InChI=1S/C9H13N3O3/c1-12(2)7-4-6(5-8(13)14)10-9(11-7)15-3/h4H,5H2,1-3H3,(H,13,14). The van der Waals surface area contributed by atoms with Crippen LogP contribution in [0.4, 0.5) is 5.82 Å².